The van der Waals surface area contributed by atoms with Gasteiger partial charge in [0.2, 0.25) is 0 Å². The third-order valence-electron chi connectivity index (χ3n) is 6.38. The molecule has 0 radical (unpaired) electrons. The van der Waals surface area contributed by atoms with Crippen LogP contribution in [0.1, 0.15) is 36.2 Å². The first-order valence-corrected chi connectivity index (χ1v) is 10.00. The Kier molecular flexibility index (Phi) is 4.36. The van der Waals surface area contributed by atoms with Crippen LogP contribution in [0.2, 0.25) is 0 Å². The smallest absolute Gasteiger partial charge is 0.383 e. The largest absolute Gasteiger partial charge is 0.419 e. The molecule has 5 rings (SSSR count). The van der Waals surface area contributed by atoms with E-state index in [2.05, 4.69) is 14.5 Å². The molecule has 2 aromatic heterocycles. The molecule has 1 saturated heterocycles. The number of aromatic nitrogens is 3. The number of pyridine rings is 1. The maximum Gasteiger partial charge on any atom is 0.419 e. The van der Waals surface area contributed by atoms with Gasteiger partial charge in [0.05, 0.1) is 17.9 Å². The van der Waals surface area contributed by atoms with Gasteiger partial charge in [-0.25, -0.2) is 9.97 Å². The van der Waals surface area contributed by atoms with E-state index in [0.717, 1.165) is 51.0 Å². The average molecular weight is 407 g/mol. The van der Waals surface area contributed by atoms with E-state index in [0.29, 0.717) is 35.1 Å². The summed E-state index contributed by atoms with van der Waals surface area (Å²) < 4.78 is 47.1. The summed E-state index contributed by atoms with van der Waals surface area (Å²) in [6.45, 7) is 3.76. The van der Waals surface area contributed by atoms with Crippen molar-refractivity contribution in [3.05, 3.63) is 29.8 Å². The number of halogens is 3. The molecule has 6 nitrogen and oxygen atoms in total. The van der Waals surface area contributed by atoms with Gasteiger partial charge in [0.1, 0.15) is 11.6 Å². The SMILES string of the molecule is COCCN1C[C@@H]2C(n3cc(-c4cnc(N)c(C(F)(F)F)c4)nc3C3CC3)[C@@H]2C1. The Morgan fingerprint density at radius 1 is 1.24 bits per heavy atom. The Bertz CT molecular complexity index is 911. The molecule has 3 fully saturated rings. The molecule has 2 aromatic rings. The molecule has 0 aromatic carbocycles. The minimum atomic E-state index is -4.53. The number of nitrogen functional groups attached to an aromatic ring is 1. The first-order chi connectivity index (χ1) is 13.9. The zero-order valence-corrected chi connectivity index (χ0v) is 16.2. The third-order valence-corrected chi connectivity index (χ3v) is 6.38. The molecule has 2 aliphatic carbocycles. The van der Waals surface area contributed by atoms with Crippen LogP contribution in [-0.2, 0) is 10.9 Å². The van der Waals surface area contributed by atoms with Crippen molar-refractivity contribution >= 4 is 5.82 Å². The second-order valence-corrected chi connectivity index (χ2v) is 8.39. The van der Waals surface area contributed by atoms with Crippen molar-refractivity contribution in [1.29, 1.82) is 0 Å². The van der Waals surface area contributed by atoms with Crippen molar-refractivity contribution in [3.8, 4) is 11.3 Å². The van der Waals surface area contributed by atoms with Crippen molar-refractivity contribution in [2.75, 3.05) is 39.1 Å². The first-order valence-electron chi connectivity index (χ1n) is 10.00. The summed E-state index contributed by atoms with van der Waals surface area (Å²) in [7, 11) is 1.71. The molecule has 3 atom stereocenters. The van der Waals surface area contributed by atoms with Crippen molar-refractivity contribution in [3.63, 3.8) is 0 Å². The zero-order chi connectivity index (χ0) is 20.3. The number of rotatable bonds is 6. The highest BCUT2D eigenvalue weighted by Gasteiger charge is 2.57. The van der Waals surface area contributed by atoms with E-state index in [9.17, 15) is 13.2 Å². The van der Waals surface area contributed by atoms with E-state index in [1.807, 2.05) is 6.20 Å². The maximum absolute atomic E-state index is 13.2. The molecule has 2 N–H and O–H groups in total. The fraction of sp³-hybridized carbons (Fsp3) is 0.600. The lowest BCUT2D eigenvalue weighted by Crippen LogP contribution is -2.28. The van der Waals surface area contributed by atoms with Gasteiger partial charge in [0, 0.05) is 56.7 Å². The molecule has 1 aliphatic heterocycles. The van der Waals surface area contributed by atoms with E-state index in [-0.39, 0.29) is 0 Å². The molecule has 0 amide bonds. The number of alkyl halides is 3. The van der Waals surface area contributed by atoms with Gasteiger partial charge in [-0.1, -0.05) is 0 Å². The number of likely N-dealkylation sites (tertiary alicyclic amines) is 1. The zero-order valence-electron chi connectivity index (χ0n) is 16.2. The van der Waals surface area contributed by atoms with Gasteiger partial charge in [-0.3, -0.25) is 0 Å². The van der Waals surface area contributed by atoms with E-state index in [1.54, 1.807) is 7.11 Å². The Balaban J connectivity index is 1.41. The molecule has 3 heterocycles. The number of fused-ring (bicyclic) bond motifs is 1. The van der Waals surface area contributed by atoms with Crippen molar-refractivity contribution in [1.82, 2.24) is 19.4 Å². The van der Waals surface area contributed by atoms with Crippen molar-refractivity contribution in [2.24, 2.45) is 11.8 Å². The Hall–Kier alpha value is -2.13. The molecule has 9 heteroatoms. The van der Waals surface area contributed by atoms with Gasteiger partial charge in [0.25, 0.3) is 0 Å². The van der Waals surface area contributed by atoms with Crippen molar-refractivity contribution in [2.45, 2.75) is 31.0 Å². The summed E-state index contributed by atoms with van der Waals surface area (Å²) >= 11 is 0. The molecule has 156 valence electrons. The van der Waals surface area contributed by atoms with Gasteiger partial charge in [-0.2, -0.15) is 13.2 Å². The number of nitrogens with zero attached hydrogens (tertiary/aromatic N) is 4. The first kappa shape index (κ1) is 18.9. The van der Waals surface area contributed by atoms with E-state index < -0.39 is 17.6 Å². The Morgan fingerprint density at radius 3 is 2.59 bits per heavy atom. The molecular formula is C20H24F3N5O. The lowest BCUT2D eigenvalue weighted by atomic mass is 10.1. The summed E-state index contributed by atoms with van der Waals surface area (Å²) in [5, 5.41) is 0. The summed E-state index contributed by atoms with van der Waals surface area (Å²) in [4.78, 5) is 10.9. The van der Waals surface area contributed by atoms with E-state index >= 15 is 0 Å². The van der Waals surface area contributed by atoms with Crippen LogP contribution in [0, 0.1) is 11.8 Å². The Morgan fingerprint density at radius 2 is 1.97 bits per heavy atom. The van der Waals surface area contributed by atoms with Crippen LogP contribution in [-0.4, -0.2) is 52.8 Å². The Labute approximate surface area is 166 Å². The summed E-state index contributed by atoms with van der Waals surface area (Å²) in [5.74, 6) is 2.09. The van der Waals surface area contributed by atoms with Gasteiger partial charge >= 0.3 is 6.18 Å². The number of methoxy groups -OCH3 is 1. The minimum absolute atomic E-state index is 0.361. The van der Waals surface area contributed by atoms with Crippen LogP contribution in [0.15, 0.2) is 18.5 Å². The van der Waals surface area contributed by atoms with Gasteiger partial charge in [-0.15, -0.1) is 0 Å². The highest BCUT2D eigenvalue weighted by Crippen LogP contribution is 2.57. The number of piperidine rings is 1. The molecule has 29 heavy (non-hydrogen) atoms. The quantitative estimate of drug-likeness (QED) is 0.797. The van der Waals surface area contributed by atoms with E-state index in [1.165, 1.54) is 6.20 Å². The van der Waals surface area contributed by atoms with Crippen LogP contribution in [0.25, 0.3) is 11.3 Å². The highest BCUT2D eigenvalue weighted by molar-refractivity contribution is 5.62. The van der Waals surface area contributed by atoms with E-state index in [4.69, 9.17) is 15.5 Å². The van der Waals surface area contributed by atoms with Crippen LogP contribution in [0.5, 0.6) is 0 Å². The number of hydrogen-bond donors (Lipinski definition) is 1. The lowest BCUT2D eigenvalue weighted by Gasteiger charge is -2.20. The van der Waals surface area contributed by atoms with Gasteiger partial charge in [0.15, 0.2) is 0 Å². The normalized spacial score (nSPS) is 26.7. The summed E-state index contributed by atoms with van der Waals surface area (Å²) in [5.41, 5.74) is 5.45. The predicted molar refractivity (Wildman–Crippen MR) is 101 cm³/mol. The molecule has 0 bridgehead atoms. The summed E-state index contributed by atoms with van der Waals surface area (Å²) in [6, 6.07) is 1.46. The standard InChI is InChI=1S/C20H24F3N5O/c1-29-5-4-27-8-13-14(9-27)17(13)28-10-16(26-19(28)11-2-3-11)12-6-15(20(21,22)23)18(24)25-7-12/h6-7,10-11,13-14,17H,2-5,8-9H2,1H3,(H2,24,25)/t13-,14+,17?. The molecule has 3 aliphatic rings. The second-order valence-electron chi connectivity index (χ2n) is 8.39. The molecular weight excluding hydrogens is 383 g/mol. The number of imidazole rings is 1. The fourth-order valence-electron chi connectivity index (χ4n) is 4.67. The monoisotopic (exact) mass is 407 g/mol. The van der Waals surface area contributed by atoms with Gasteiger partial charge in [-0.05, 0) is 30.7 Å². The summed E-state index contributed by atoms with van der Waals surface area (Å²) in [6.07, 6.45) is 0.949. The van der Waals surface area contributed by atoms with Crippen LogP contribution in [0.4, 0.5) is 19.0 Å². The average Bonchev–Trinajstić information content (AvgIpc) is 3.55. The highest BCUT2D eigenvalue weighted by atomic mass is 19.4. The van der Waals surface area contributed by atoms with Gasteiger partial charge < -0.3 is 19.9 Å². The van der Waals surface area contributed by atoms with Crippen LogP contribution < -0.4 is 5.73 Å². The lowest BCUT2D eigenvalue weighted by molar-refractivity contribution is -0.137. The maximum atomic E-state index is 13.2. The molecule has 0 spiro atoms. The number of nitrogens with two attached hydrogens (primary N) is 1. The molecule has 1 unspecified atom stereocenters. The third kappa shape index (κ3) is 3.40. The minimum Gasteiger partial charge on any atom is -0.383 e. The predicted octanol–water partition coefficient (Wildman–Crippen LogP) is 3.17. The van der Waals surface area contributed by atoms with Crippen LogP contribution in [0.3, 0.4) is 0 Å². The van der Waals surface area contributed by atoms with Crippen molar-refractivity contribution < 1.29 is 17.9 Å². The number of ether oxygens (including phenoxy) is 1. The number of hydrogen-bond acceptors (Lipinski definition) is 5. The van der Waals surface area contributed by atoms with Crippen LogP contribution >= 0.6 is 0 Å². The molecule has 2 saturated carbocycles. The fourth-order valence-corrected chi connectivity index (χ4v) is 4.67. The second kappa shape index (κ2) is 6.70. The topological polar surface area (TPSA) is 69.2 Å². The number of anilines is 1.